The second-order valence-electron chi connectivity index (χ2n) is 5.58. The van der Waals surface area contributed by atoms with Gasteiger partial charge in [-0.3, -0.25) is 0 Å². The number of rotatable bonds is 2. The minimum absolute atomic E-state index is 0.375. The van der Waals surface area contributed by atoms with Crippen LogP contribution in [0.3, 0.4) is 0 Å². The third-order valence-corrected chi connectivity index (χ3v) is 3.71. The molecule has 0 spiro atoms. The van der Waals surface area contributed by atoms with Crippen molar-refractivity contribution in [2.75, 3.05) is 0 Å². The van der Waals surface area contributed by atoms with E-state index in [1.807, 2.05) is 0 Å². The molecule has 2 atom stereocenters. The molecule has 1 N–H and O–H groups in total. The molecule has 0 aromatic carbocycles. The summed E-state index contributed by atoms with van der Waals surface area (Å²) < 4.78 is 0. The van der Waals surface area contributed by atoms with E-state index in [0.717, 1.165) is 25.7 Å². The SMILES string of the molecule is C#CCCC1(O)CCC(C)(C)CC1C. The van der Waals surface area contributed by atoms with Gasteiger partial charge >= 0.3 is 0 Å². The molecular formula is C13H22O. The van der Waals surface area contributed by atoms with E-state index in [2.05, 4.69) is 26.7 Å². The molecule has 14 heavy (non-hydrogen) atoms. The molecule has 2 unspecified atom stereocenters. The summed E-state index contributed by atoms with van der Waals surface area (Å²) in [6.45, 7) is 6.71. The number of hydrogen-bond acceptors (Lipinski definition) is 1. The molecule has 1 fully saturated rings. The molecule has 1 saturated carbocycles. The molecular weight excluding hydrogens is 172 g/mol. The van der Waals surface area contributed by atoms with E-state index in [-0.39, 0.29) is 0 Å². The quantitative estimate of drug-likeness (QED) is 0.670. The number of hydrogen-bond donors (Lipinski definition) is 1. The number of terminal acetylenes is 1. The van der Waals surface area contributed by atoms with Crippen LogP contribution in [0.15, 0.2) is 0 Å². The zero-order valence-corrected chi connectivity index (χ0v) is 9.64. The van der Waals surface area contributed by atoms with Crippen LogP contribution in [-0.4, -0.2) is 10.7 Å². The normalized spacial score (nSPS) is 36.4. The molecule has 1 nitrogen and oxygen atoms in total. The van der Waals surface area contributed by atoms with E-state index in [1.54, 1.807) is 0 Å². The first-order valence-electron chi connectivity index (χ1n) is 5.55. The van der Waals surface area contributed by atoms with Crippen molar-refractivity contribution in [3.63, 3.8) is 0 Å². The van der Waals surface area contributed by atoms with E-state index >= 15 is 0 Å². The van der Waals surface area contributed by atoms with Gasteiger partial charge < -0.3 is 5.11 Å². The Morgan fingerprint density at radius 2 is 2.07 bits per heavy atom. The lowest BCUT2D eigenvalue weighted by atomic mass is 9.64. The van der Waals surface area contributed by atoms with Crippen molar-refractivity contribution in [3.05, 3.63) is 0 Å². The van der Waals surface area contributed by atoms with E-state index in [0.29, 0.717) is 17.8 Å². The van der Waals surface area contributed by atoms with Crippen molar-refractivity contribution in [2.24, 2.45) is 11.3 Å². The lowest BCUT2D eigenvalue weighted by molar-refractivity contribution is -0.0755. The maximum Gasteiger partial charge on any atom is 0.0682 e. The molecule has 0 heterocycles. The number of aliphatic hydroxyl groups is 1. The van der Waals surface area contributed by atoms with Gasteiger partial charge in [-0.15, -0.1) is 12.3 Å². The van der Waals surface area contributed by atoms with Gasteiger partial charge in [-0.1, -0.05) is 20.8 Å². The van der Waals surface area contributed by atoms with Crippen LogP contribution in [0.4, 0.5) is 0 Å². The molecule has 1 aliphatic carbocycles. The topological polar surface area (TPSA) is 20.2 Å². The van der Waals surface area contributed by atoms with Gasteiger partial charge in [0.05, 0.1) is 5.60 Å². The summed E-state index contributed by atoms with van der Waals surface area (Å²) >= 11 is 0. The van der Waals surface area contributed by atoms with Crippen molar-refractivity contribution in [3.8, 4) is 12.3 Å². The average molecular weight is 194 g/mol. The Bertz CT molecular complexity index is 236. The third-order valence-electron chi connectivity index (χ3n) is 3.71. The predicted molar refractivity (Wildman–Crippen MR) is 59.8 cm³/mol. The first kappa shape index (κ1) is 11.6. The molecule has 0 aliphatic heterocycles. The maximum absolute atomic E-state index is 10.4. The highest BCUT2D eigenvalue weighted by Crippen LogP contribution is 2.45. The van der Waals surface area contributed by atoms with Crippen molar-refractivity contribution in [1.29, 1.82) is 0 Å². The summed E-state index contributed by atoms with van der Waals surface area (Å²) in [5.74, 6) is 3.00. The molecule has 0 radical (unpaired) electrons. The van der Waals surface area contributed by atoms with Crippen LogP contribution in [0.2, 0.25) is 0 Å². The first-order valence-corrected chi connectivity index (χ1v) is 5.55. The van der Waals surface area contributed by atoms with Gasteiger partial charge in [0.15, 0.2) is 0 Å². The third kappa shape index (κ3) is 2.51. The van der Waals surface area contributed by atoms with Crippen LogP contribution in [-0.2, 0) is 0 Å². The fraction of sp³-hybridized carbons (Fsp3) is 0.846. The zero-order valence-electron chi connectivity index (χ0n) is 9.64. The summed E-state index contributed by atoms with van der Waals surface area (Å²) in [5, 5.41) is 10.4. The Balaban J connectivity index is 2.61. The summed E-state index contributed by atoms with van der Waals surface area (Å²) in [5.41, 5.74) is -0.107. The predicted octanol–water partition coefficient (Wildman–Crippen LogP) is 2.98. The summed E-state index contributed by atoms with van der Waals surface area (Å²) in [6, 6.07) is 0. The van der Waals surface area contributed by atoms with Crippen LogP contribution in [0, 0.1) is 23.7 Å². The van der Waals surface area contributed by atoms with Gasteiger partial charge in [0.25, 0.3) is 0 Å². The minimum Gasteiger partial charge on any atom is -0.390 e. The zero-order chi connectivity index (χ0) is 10.8. The van der Waals surface area contributed by atoms with E-state index in [4.69, 9.17) is 6.42 Å². The van der Waals surface area contributed by atoms with Gasteiger partial charge in [-0.25, -0.2) is 0 Å². The molecule has 1 rings (SSSR count). The molecule has 1 aliphatic rings. The molecule has 0 aromatic rings. The van der Waals surface area contributed by atoms with Crippen LogP contribution in [0.25, 0.3) is 0 Å². The Hall–Kier alpha value is -0.480. The standard InChI is InChI=1S/C13H22O/c1-5-6-7-13(14)9-8-12(3,4)10-11(13)2/h1,11,14H,6-10H2,2-4H3. The molecule has 0 bridgehead atoms. The van der Waals surface area contributed by atoms with Gasteiger partial charge in [-0.05, 0) is 37.0 Å². The summed E-state index contributed by atoms with van der Waals surface area (Å²) in [6.07, 6.45) is 9.82. The van der Waals surface area contributed by atoms with Gasteiger partial charge in [0, 0.05) is 6.42 Å². The molecule has 0 aromatic heterocycles. The monoisotopic (exact) mass is 194 g/mol. The molecule has 0 saturated heterocycles. The van der Waals surface area contributed by atoms with Gasteiger partial charge in [0.1, 0.15) is 0 Å². The van der Waals surface area contributed by atoms with E-state index in [1.165, 1.54) is 0 Å². The van der Waals surface area contributed by atoms with E-state index < -0.39 is 5.60 Å². The van der Waals surface area contributed by atoms with E-state index in [9.17, 15) is 5.11 Å². The van der Waals surface area contributed by atoms with Crippen molar-refractivity contribution < 1.29 is 5.11 Å². The van der Waals surface area contributed by atoms with Crippen LogP contribution < -0.4 is 0 Å². The Labute approximate surface area is 87.9 Å². The fourth-order valence-electron chi connectivity index (χ4n) is 2.58. The lowest BCUT2D eigenvalue weighted by Gasteiger charge is -2.45. The first-order chi connectivity index (χ1) is 6.40. The lowest BCUT2D eigenvalue weighted by Crippen LogP contribution is -2.43. The molecule has 80 valence electrons. The molecule has 0 amide bonds. The highest BCUT2D eigenvalue weighted by molar-refractivity contribution is 4.96. The van der Waals surface area contributed by atoms with Crippen molar-refractivity contribution in [1.82, 2.24) is 0 Å². The average Bonchev–Trinajstić information content (AvgIpc) is 2.09. The van der Waals surface area contributed by atoms with Crippen LogP contribution in [0.5, 0.6) is 0 Å². The Morgan fingerprint density at radius 1 is 1.43 bits per heavy atom. The Kier molecular flexibility index (Phi) is 3.27. The largest absolute Gasteiger partial charge is 0.390 e. The minimum atomic E-state index is -0.498. The highest BCUT2D eigenvalue weighted by atomic mass is 16.3. The fourth-order valence-corrected chi connectivity index (χ4v) is 2.58. The van der Waals surface area contributed by atoms with Crippen LogP contribution >= 0.6 is 0 Å². The smallest absolute Gasteiger partial charge is 0.0682 e. The van der Waals surface area contributed by atoms with Crippen molar-refractivity contribution >= 4 is 0 Å². The summed E-state index contributed by atoms with van der Waals surface area (Å²) in [4.78, 5) is 0. The van der Waals surface area contributed by atoms with Crippen LogP contribution in [0.1, 0.15) is 52.9 Å². The van der Waals surface area contributed by atoms with Crippen molar-refractivity contribution in [2.45, 2.75) is 58.5 Å². The van der Waals surface area contributed by atoms with Gasteiger partial charge in [-0.2, -0.15) is 0 Å². The second kappa shape index (κ2) is 3.95. The molecule has 1 heteroatoms. The Morgan fingerprint density at radius 3 is 2.57 bits per heavy atom. The second-order valence-corrected chi connectivity index (χ2v) is 5.58. The van der Waals surface area contributed by atoms with Gasteiger partial charge in [0.2, 0.25) is 0 Å². The summed E-state index contributed by atoms with van der Waals surface area (Å²) in [7, 11) is 0. The maximum atomic E-state index is 10.4. The highest BCUT2D eigenvalue weighted by Gasteiger charge is 2.41.